The maximum Gasteiger partial charge on any atom is 0.133 e. The van der Waals surface area contributed by atoms with Crippen LogP contribution in [0.25, 0.3) is 0 Å². The third-order valence-electron chi connectivity index (χ3n) is 3.26. The van der Waals surface area contributed by atoms with Crippen molar-refractivity contribution in [2.45, 2.75) is 32.6 Å². The topological polar surface area (TPSA) is 9.23 Å². The summed E-state index contributed by atoms with van der Waals surface area (Å²) in [6.07, 6.45) is 0. The van der Waals surface area contributed by atoms with Crippen molar-refractivity contribution in [3.05, 3.63) is 58.1 Å². The second-order valence-electron chi connectivity index (χ2n) is 5.16. The van der Waals surface area contributed by atoms with Gasteiger partial charge in [-0.2, -0.15) is 0 Å². The molecule has 0 aromatic heterocycles. The first kappa shape index (κ1) is 15.2. The highest BCUT2D eigenvalue weighted by Crippen LogP contribution is 2.31. The van der Waals surface area contributed by atoms with Crippen LogP contribution in [0.3, 0.4) is 0 Å². The largest absolute Gasteiger partial charge is 0.457 e. The molecule has 0 spiro atoms. The van der Waals surface area contributed by atoms with Crippen molar-refractivity contribution in [1.29, 1.82) is 0 Å². The van der Waals surface area contributed by atoms with Crippen LogP contribution < -0.4 is 4.74 Å². The van der Waals surface area contributed by atoms with Gasteiger partial charge in [-0.15, -0.1) is 11.6 Å². The highest BCUT2D eigenvalue weighted by molar-refractivity contribution is 6.30. The van der Waals surface area contributed by atoms with Crippen LogP contribution in [0, 0.1) is 6.92 Å². The van der Waals surface area contributed by atoms with E-state index in [2.05, 4.69) is 26.8 Å². The van der Waals surface area contributed by atoms with Gasteiger partial charge in [0, 0.05) is 10.6 Å². The Labute approximate surface area is 130 Å². The predicted octanol–water partition coefficient (Wildman–Crippen LogP) is 6.30. The van der Waals surface area contributed by atoms with E-state index in [-0.39, 0.29) is 0 Å². The van der Waals surface area contributed by atoms with E-state index >= 15 is 0 Å². The smallest absolute Gasteiger partial charge is 0.133 e. The summed E-state index contributed by atoms with van der Waals surface area (Å²) in [7, 11) is 0. The van der Waals surface area contributed by atoms with Crippen LogP contribution in [0.1, 0.15) is 36.5 Å². The van der Waals surface area contributed by atoms with E-state index in [0.29, 0.717) is 22.6 Å². The van der Waals surface area contributed by atoms with Gasteiger partial charge in [-0.1, -0.05) is 37.6 Å². The van der Waals surface area contributed by atoms with Gasteiger partial charge in [-0.25, -0.2) is 0 Å². The first-order valence-electron chi connectivity index (χ1n) is 6.64. The predicted molar refractivity (Wildman–Crippen MR) is 86.4 cm³/mol. The van der Waals surface area contributed by atoms with E-state index in [0.717, 1.165) is 11.3 Å². The zero-order valence-corrected chi connectivity index (χ0v) is 13.4. The SMILES string of the molecule is Cc1cc(Oc2cc(Cl)ccc2CCl)ccc1C(C)C. The Balaban J connectivity index is 2.31. The van der Waals surface area contributed by atoms with Crippen LogP contribution in [0.2, 0.25) is 5.02 Å². The quantitative estimate of drug-likeness (QED) is 0.602. The van der Waals surface area contributed by atoms with Crippen molar-refractivity contribution < 1.29 is 4.74 Å². The number of ether oxygens (including phenoxy) is 1. The molecule has 0 saturated carbocycles. The average molecular weight is 309 g/mol. The Hall–Kier alpha value is -1.18. The van der Waals surface area contributed by atoms with E-state index < -0.39 is 0 Å². The Kier molecular flexibility index (Phi) is 4.95. The first-order chi connectivity index (χ1) is 9.51. The van der Waals surface area contributed by atoms with E-state index in [9.17, 15) is 0 Å². The Bertz CT molecular complexity index is 606. The van der Waals surface area contributed by atoms with Gasteiger partial charge in [-0.3, -0.25) is 0 Å². The van der Waals surface area contributed by atoms with Crippen molar-refractivity contribution in [1.82, 2.24) is 0 Å². The standard InChI is InChI=1S/C17H18Cl2O/c1-11(2)16-7-6-15(8-12(16)3)20-17-9-14(19)5-4-13(17)10-18/h4-9,11H,10H2,1-3H3. The minimum atomic E-state index is 0.398. The summed E-state index contributed by atoms with van der Waals surface area (Å²) < 4.78 is 5.93. The van der Waals surface area contributed by atoms with Gasteiger partial charge in [0.1, 0.15) is 11.5 Å². The number of hydrogen-bond donors (Lipinski definition) is 0. The highest BCUT2D eigenvalue weighted by Gasteiger charge is 2.08. The lowest BCUT2D eigenvalue weighted by atomic mass is 9.98. The molecule has 0 aliphatic carbocycles. The molecule has 0 amide bonds. The van der Waals surface area contributed by atoms with Crippen molar-refractivity contribution in [3.8, 4) is 11.5 Å². The summed E-state index contributed by atoms with van der Waals surface area (Å²) >= 11 is 11.9. The summed E-state index contributed by atoms with van der Waals surface area (Å²) in [6, 6.07) is 11.7. The summed E-state index contributed by atoms with van der Waals surface area (Å²) in [5, 5.41) is 0.643. The summed E-state index contributed by atoms with van der Waals surface area (Å²) in [5.74, 6) is 2.42. The molecule has 3 heteroatoms. The maximum absolute atomic E-state index is 6.01. The number of benzene rings is 2. The molecule has 20 heavy (non-hydrogen) atoms. The second kappa shape index (κ2) is 6.51. The molecule has 106 valence electrons. The third-order valence-corrected chi connectivity index (χ3v) is 3.79. The molecule has 2 aromatic carbocycles. The minimum Gasteiger partial charge on any atom is -0.457 e. The van der Waals surface area contributed by atoms with Crippen molar-refractivity contribution in [2.75, 3.05) is 0 Å². The number of halogens is 2. The molecule has 1 nitrogen and oxygen atoms in total. The fourth-order valence-corrected chi connectivity index (χ4v) is 2.60. The van der Waals surface area contributed by atoms with Crippen LogP contribution in [0.4, 0.5) is 0 Å². The third kappa shape index (κ3) is 3.47. The van der Waals surface area contributed by atoms with Crippen LogP contribution in [0.15, 0.2) is 36.4 Å². The zero-order valence-electron chi connectivity index (χ0n) is 11.9. The molecular weight excluding hydrogens is 291 g/mol. The molecule has 0 aliphatic rings. The molecule has 0 unspecified atom stereocenters. The lowest BCUT2D eigenvalue weighted by Gasteiger charge is -2.14. The molecule has 0 fully saturated rings. The summed E-state index contributed by atoms with van der Waals surface area (Å²) in [6.45, 7) is 6.47. The van der Waals surface area contributed by atoms with E-state index in [1.54, 1.807) is 6.07 Å². The van der Waals surface area contributed by atoms with Crippen LogP contribution in [-0.4, -0.2) is 0 Å². The minimum absolute atomic E-state index is 0.398. The molecular formula is C17H18Cl2O. The Morgan fingerprint density at radius 3 is 2.45 bits per heavy atom. The summed E-state index contributed by atoms with van der Waals surface area (Å²) in [5.41, 5.74) is 3.50. The fourth-order valence-electron chi connectivity index (χ4n) is 2.22. The van der Waals surface area contributed by atoms with Crippen molar-refractivity contribution in [2.24, 2.45) is 0 Å². The lowest BCUT2D eigenvalue weighted by molar-refractivity contribution is 0.477. The zero-order chi connectivity index (χ0) is 14.7. The van der Waals surface area contributed by atoms with Gasteiger partial charge in [0.15, 0.2) is 0 Å². The highest BCUT2D eigenvalue weighted by atomic mass is 35.5. The molecule has 0 N–H and O–H groups in total. The van der Waals surface area contributed by atoms with Crippen molar-refractivity contribution in [3.63, 3.8) is 0 Å². The molecule has 0 saturated heterocycles. The average Bonchev–Trinajstić information content (AvgIpc) is 2.38. The van der Waals surface area contributed by atoms with Gasteiger partial charge in [0.05, 0.1) is 5.88 Å². The Morgan fingerprint density at radius 2 is 1.85 bits per heavy atom. The molecule has 2 aromatic rings. The van der Waals surface area contributed by atoms with E-state index in [4.69, 9.17) is 27.9 Å². The molecule has 0 radical (unpaired) electrons. The molecule has 0 aliphatic heterocycles. The van der Waals surface area contributed by atoms with Gasteiger partial charge in [0.2, 0.25) is 0 Å². The Morgan fingerprint density at radius 1 is 1.10 bits per heavy atom. The van der Waals surface area contributed by atoms with Crippen LogP contribution >= 0.6 is 23.2 Å². The van der Waals surface area contributed by atoms with E-state index in [1.165, 1.54) is 11.1 Å². The van der Waals surface area contributed by atoms with Gasteiger partial charge < -0.3 is 4.74 Å². The van der Waals surface area contributed by atoms with Crippen LogP contribution in [-0.2, 0) is 5.88 Å². The number of alkyl halides is 1. The maximum atomic E-state index is 6.01. The normalized spacial score (nSPS) is 10.9. The number of aryl methyl sites for hydroxylation is 1. The van der Waals surface area contributed by atoms with Gasteiger partial charge in [0.25, 0.3) is 0 Å². The van der Waals surface area contributed by atoms with E-state index in [1.807, 2.05) is 24.3 Å². The lowest BCUT2D eigenvalue weighted by Crippen LogP contribution is -1.94. The molecule has 0 bridgehead atoms. The molecule has 0 atom stereocenters. The van der Waals surface area contributed by atoms with Crippen LogP contribution in [0.5, 0.6) is 11.5 Å². The number of hydrogen-bond acceptors (Lipinski definition) is 1. The monoisotopic (exact) mass is 308 g/mol. The summed E-state index contributed by atoms with van der Waals surface area (Å²) in [4.78, 5) is 0. The molecule has 2 rings (SSSR count). The fraction of sp³-hybridized carbons (Fsp3) is 0.294. The van der Waals surface area contributed by atoms with Crippen molar-refractivity contribution >= 4 is 23.2 Å². The number of rotatable bonds is 4. The second-order valence-corrected chi connectivity index (χ2v) is 5.86. The molecule has 0 heterocycles. The van der Waals surface area contributed by atoms with Gasteiger partial charge in [-0.05, 0) is 48.2 Å². The van der Waals surface area contributed by atoms with Gasteiger partial charge >= 0.3 is 0 Å². The first-order valence-corrected chi connectivity index (χ1v) is 7.55.